The molecule has 1 unspecified atom stereocenters. The Bertz CT molecular complexity index is 383. The Balaban J connectivity index is 2.32. The van der Waals surface area contributed by atoms with Crippen LogP contribution in [-0.2, 0) is 9.53 Å². The number of likely N-dealkylation sites (tertiary alicyclic amines) is 1. The van der Waals surface area contributed by atoms with Gasteiger partial charge in [-0.15, -0.1) is 0 Å². The van der Waals surface area contributed by atoms with E-state index < -0.39 is 18.9 Å². The number of carbonyl (C=O) groups is 2. The van der Waals surface area contributed by atoms with Crippen molar-refractivity contribution in [3.8, 4) is 0 Å². The third-order valence-electron chi connectivity index (χ3n) is 3.53. The number of rotatable bonds is 3. The maximum absolute atomic E-state index is 11.8. The van der Waals surface area contributed by atoms with Crippen LogP contribution in [0, 0.1) is 11.3 Å². The molecule has 1 aliphatic rings. The van der Waals surface area contributed by atoms with Gasteiger partial charge in [0, 0.05) is 13.1 Å². The molecule has 0 saturated carbocycles. The van der Waals surface area contributed by atoms with Gasteiger partial charge in [-0.05, 0) is 11.3 Å². The van der Waals surface area contributed by atoms with Crippen LogP contribution in [0.5, 0.6) is 0 Å². The lowest BCUT2D eigenvalue weighted by Gasteiger charge is -2.22. The van der Waals surface area contributed by atoms with Crippen LogP contribution in [0.25, 0.3) is 0 Å². The minimum Gasteiger partial charge on any atom is -0.440 e. The number of alkyl halides is 3. The van der Waals surface area contributed by atoms with Crippen LogP contribution in [0.1, 0.15) is 20.8 Å². The highest BCUT2D eigenvalue weighted by atomic mass is 19.4. The number of amides is 2. The molecule has 116 valence electrons. The molecule has 0 aromatic heterocycles. The predicted octanol–water partition coefficient (Wildman–Crippen LogP) is 1.78. The maximum atomic E-state index is 11.8. The fourth-order valence-corrected chi connectivity index (χ4v) is 1.94. The molecule has 1 heterocycles. The van der Waals surface area contributed by atoms with E-state index in [9.17, 15) is 22.8 Å². The van der Waals surface area contributed by atoms with E-state index >= 15 is 0 Å². The van der Waals surface area contributed by atoms with Gasteiger partial charge >= 0.3 is 12.3 Å². The summed E-state index contributed by atoms with van der Waals surface area (Å²) in [6.07, 6.45) is -5.82. The average molecular weight is 296 g/mol. The molecule has 8 heteroatoms. The van der Waals surface area contributed by atoms with Crippen molar-refractivity contribution in [3.05, 3.63) is 0 Å². The van der Waals surface area contributed by atoms with E-state index in [1.54, 1.807) is 4.90 Å². The third-order valence-corrected chi connectivity index (χ3v) is 3.53. The lowest BCUT2D eigenvalue weighted by atomic mass is 9.84. The fraction of sp³-hybridized carbons (Fsp3) is 0.833. The first kappa shape index (κ1) is 16.6. The zero-order valence-electron chi connectivity index (χ0n) is 11.7. The van der Waals surface area contributed by atoms with E-state index in [0.29, 0.717) is 19.0 Å². The van der Waals surface area contributed by atoms with Crippen molar-refractivity contribution in [2.45, 2.75) is 26.9 Å². The van der Waals surface area contributed by atoms with Gasteiger partial charge in [0.1, 0.15) is 6.54 Å². The molecule has 0 radical (unpaired) electrons. The number of halogens is 3. The van der Waals surface area contributed by atoms with E-state index in [1.807, 2.05) is 26.1 Å². The van der Waals surface area contributed by atoms with E-state index in [0.717, 1.165) is 0 Å². The minimum absolute atomic E-state index is 0.00749. The van der Waals surface area contributed by atoms with Gasteiger partial charge in [-0.3, -0.25) is 4.79 Å². The summed E-state index contributed by atoms with van der Waals surface area (Å²) in [5.41, 5.74) is -0.00749. The molecule has 1 atom stereocenters. The average Bonchev–Trinajstić information content (AvgIpc) is 2.57. The third kappa shape index (κ3) is 4.90. The predicted molar refractivity (Wildman–Crippen MR) is 64.9 cm³/mol. The smallest absolute Gasteiger partial charge is 0.422 e. The molecule has 1 aliphatic heterocycles. The second-order valence-corrected chi connectivity index (χ2v) is 5.71. The number of hydrogen-bond donors (Lipinski definition) is 1. The standard InChI is InChI=1S/C12H19F3N2O3/c1-8-5-17(6-11(8,2)3)9(18)4-16-10(19)20-7-12(13,14)15/h8H,4-7H2,1-3H3,(H,16,19). The molecule has 0 aliphatic carbocycles. The first-order valence-corrected chi connectivity index (χ1v) is 6.26. The van der Waals surface area contributed by atoms with Crippen molar-refractivity contribution in [3.63, 3.8) is 0 Å². The van der Waals surface area contributed by atoms with Crippen LogP contribution in [0.2, 0.25) is 0 Å². The van der Waals surface area contributed by atoms with E-state index in [1.165, 1.54) is 0 Å². The molecule has 0 spiro atoms. The summed E-state index contributed by atoms with van der Waals surface area (Å²) in [4.78, 5) is 24.4. The van der Waals surface area contributed by atoms with Crippen LogP contribution in [0.15, 0.2) is 0 Å². The zero-order chi connectivity index (χ0) is 15.6. The number of alkyl carbamates (subject to hydrolysis) is 1. The van der Waals surface area contributed by atoms with Gasteiger partial charge in [0.2, 0.25) is 5.91 Å². The topological polar surface area (TPSA) is 58.6 Å². The molecule has 20 heavy (non-hydrogen) atoms. The Hall–Kier alpha value is -1.47. The summed E-state index contributed by atoms with van der Waals surface area (Å²) >= 11 is 0. The quantitative estimate of drug-likeness (QED) is 0.863. The highest BCUT2D eigenvalue weighted by Crippen LogP contribution is 2.34. The van der Waals surface area contributed by atoms with Gasteiger partial charge in [-0.1, -0.05) is 20.8 Å². The number of nitrogens with one attached hydrogen (secondary N) is 1. The number of ether oxygens (including phenoxy) is 1. The Morgan fingerprint density at radius 3 is 2.45 bits per heavy atom. The van der Waals surface area contributed by atoms with Crippen molar-refractivity contribution >= 4 is 12.0 Å². The summed E-state index contributed by atoms with van der Waals surface area (Å²) in [5.74, 6) is -0.00462. The van der Waals surface area contributed by atoms with Crippen LogP contribution >= 0.6 is 0 Å². The van der Waals surface area contributed by atoms with Crippen molar-refractivity contribution in [2.75, 3.05) is 26.2 Å². The summed E-state index contributed by atoms with van der Waals surface area (Å²) in [7, 11) is 0. The van der Waals surface area contributed by atoms with Crippen LogP contribution in [0.4, 0.5) is 18.0 Å². The van der Waals surface area contributed by atoms with Crippen LogP contribution in [0.3, 0.4) is 0 Å². The van der Waals surface area contributed by atoms with Crippen molar-refractivity contribution in [1.29, 1.82) is 0 Å². The van der Waals surface area contributed by atoms with Crippen molar-refractivity contribution < 1.29 is 27.5 Å². The molecular weight excluding hydrogens is 277 g/mol. The molecule has 1 N–H and O–H groups in total. The summed E-state index contributed by atoms with van der Waals surface area (Å²) in [6, 6.07) is 0. The first-order chi connectivity index (χ1) is 9.01. The Morgan fingerprint density at radius 2 is 2.00 bits per heavy atom. The van der Waals surface area contributed by atoms with Gasteiger partial charge in [0.15, 0.2) is 6.61 Å². The Labute approximate surface area is 115 Å². The number of carbonyl (C=O) groups excluding carboxylic acids is 2. The molecule has 1 rings (SSSR count). The second kappa shape index (κ2) is 5.88. The minimum atomic E-state index is -4.57. The molecule has 0 bridgehead atoms. The largest absolute Gasteiger partial charge is 0.440 e. The summed E-state index contributed by atoms with van der Waals surface area (Å²) < 4.78 is 39.4. The normalized spacial score (nSPS) is 21.7. The van der Waals surface area contributed by atoms with Gasteiger partial charge < -0.3 is 15.0 Å². The zero-order valence-corrected chi connectivity index (χ0v) is 11.7. The van der Waals surface area contributed by atoms with Crippen LogP contribution < -0.4 is 5.32 Å². The lowest BCUT2D eigenvalue weighted by molar-refractivity contribution is -0.160. The summed E-state index contributed by atoms with van der Waals surface area (Å²) in [6.45, 7) is 5.21. The Morgan fingerprint density at radius 1 is 1.40 bits per heavy atom. The highest BCUT2D eigenvalue weighted by molar-refractivity contribution is 5.82. The number of hydrogen-bond acceptors (Lipinski definition) is 3. The van der Waals surface area contributed by atoms with Gasteiger partial charge in [-0.2, -0.15) is 13.2 Å². The second-order valence-electron chi connectivity index (χ2n) is 5.71. The Kier molecular flexibility index (Phi) is 4.88. The van der Waals surface area contributed by atoms with Gasteiger partial charge in [-0.25, -0.2) is 4.79 Å². The highest BCUT2D eigenvalue weighted by Gasteiger charge is 2.38. The van der Waals surface area contributed by atoms with Gasteiger partial charge in [0.25, 0.3) is 0 Å². The maximum Gasteiger partial charge on any atom is 0.422 e. The van der Waals surface area contributed by atoms with Crippen molar-refractivity contribution in [1.82, 2.24) is 10.2 Å². The first-order valence-electron chi connectivity index (χ1n) is 6.26. The van der Waals surface area contributed by atoms with Gasteiger partial charge in [0.05, 0.1) is 0 Å². The van der Waals surface area contributed by atoms with E-state index in [2.05, 4.69) is 4.74 Å². The van der Waals surface area contributed by atoms with E-state index in [-0.39, 0.29) is 17.9 Å². The molecule has 0 aromatic carbocycles. The van der Waals surface area contributed by atoms with Crippen LogP contribution in [-0.4, -0.2) is 49.3 Å². The molecule has 0 aromatic rings. The summed E-state index contributed by atoms with van der Waals surface area (Å²) in [5, 5.41) is 2.02. The molecule has 1 saturated heterocycles. The van der Waals surface area contributed by atoms with E-state index in [4.69, 9.17) is 0 Å². The lowest BCUT2D eigenvalue weighted by Crippen LogP contribution is -2.40. The molecule has 5 nitrogen and oxygen atoms in total. The monoisotopic (exact) mass is 296 g/mol. The molecular formula is C12H19F3N2O3. The van der Waals surface area contributed by atoms with Crippen molar-refractivity contribution in [2.24, 2.45) is 11.3 Å². The SMILES string of the molecule is CC1CN(C(=O)CNC(=O)OCC(F)(F)F)CC1(C)C. The number of nitrogens with zero attached hydrogens (tertiary/aromatic N) is 1. The molecule has 2 amide bonds. The fourth-order valence-electron chi connectivity index (χ4n) is 1.94. The molecule has 1 fully saturated rings.